The zero-order valence-corrected chi connectivity index (χ0v) is 26.5. The monoisotopic (exact) mass is 628 g/mol. The molecule has 14 heteroatoms. The number of unbranched alkanes of at least 4 members (excludes halogenated alkanes) is 1. The zero-order chi connectivity index (χ0) is 33.3. The van der Waals surface area contributed by atoms with Crippen LogP contribution in [0.3, 0.4) is 0 Å². The molecule has 0 saturated carbocycles. The molecule has 0 spiro atoms. The van der Waals surface area contributed by atoms with Gasteiger partial charge in [0, 0.05) is 13.2 Å². The van der Waals surface area contributed by atoms with E-state index in [-0.39, 0.29) is 0 Å². The number of benzene rings is 3. The molecule has 0 unspecified atom stereocenters. The van der Waals surface area contributed by atoms with Crippen LogP contribution in [0.2, 0.25) is 0 Å². The second-order valence-electron chi connectivity index (χ2n) is 9.54. The van der Waals surface area contributed by atoms with Gasteiger partial charge in [-0.25, -0.2) is 0 Å². The number of hydrogen-bond acceptors (Lipinski definition) is 11. The summed E-state index contributed by atoms with van der Waals surface area (Å²) in [5, 5.41) is 53.2. The first-order chi connectivity index (χ1) is 21.7. The summed E-state index contributed by atoms with van der Waals surface area (Å²) in [5.74, 6) is 2.16. The van der Waals surface area contributed by atoms with Gasteiger partial charge in [-0.1, -0.05) is 56.7 Å². The molecule has 0 aromatic heterocycles. The average Bonchev–Trinajstić information content (AvgIpc) is 3.04. The Morgan fingerprint density at radius 3 is 1.09 bits per heavy atom. The normalized spacial score (nSPS) is 10.1. The third-order valence-corrected chi connectivity index (χ3v) is 5.85. The highest BCUT2D eigenvalue weighted by Crippen LogP contribution is 2.09. The van der Waals surface area contributed by atoms with Crippen LogP contribution in [0.5, 0.6) is 17.2 Å². The van der Waals surface area contributed by atoms with Crippen LogP contribution in [-0.2, 0) is 9.47 Å². The summed E-state index contributed by atoms with van der Waals surface area (Å²) >= 11 is 0. The summed E-state index contributed by atoms with van der Waals surface area (Å²) in [7, 11) is -4.26. The van der Waals surface area contributed by atoms with Crippen molar-refractivity contribution >= 4 is 37.7 Å². The maximum atomic E-state index is 8.88. The molecule has 0 radical (unpaired) electrons. The Labute approximate surface area is 267 Å². The van der Waals surface area contributed by atoms with Crippen molar-refractivity contribution in [3.05, 3.63) is 72.8 Å². The van der Waals surface area contributed by atoms with Gasteiger partial charge in [0.15, 0.2) is 0 Å². The van der Waals surface area contributed by atoms with E-state index in [9.17, 15) is 0 Å². The molecule has 0 bridgehead atoms. The van der Waals surface area contributed by atoms with Gasteiger partial charge in [0.1, 0.15) is 30.5 Å². The zero-order valence-electron chi connectivity index (χ0n) is 26.5. The molecule has 0 fully saturated rings. The van der Waals surface area contributed by atoms with E-state index in [1.807, 2.05) is 6.92 Å². The van der Waals surface area contributed by atoms with E-state index in [0.717, 1.165) is 31.6 Å². The van der Waals surface area contributed by atoms with Gasteiger partial charge in [0.05, 0.1) is 19.8 Å². The smallest absolute Gasteiger partial charge is 0.488 e. The Balaban J connectivity index is 0.000000338. The molecule has 0 amide bonds. The molecular weight excluding hydrogens is 581 g/mol. The Kier molecular flexibility index (Phi) is 22.3. The first-order valence-corrected chi connectivity index (χ1v) is 15.1. The highest BCUT2D eigenvalue weighted by molar-refractivity contribution is 6.59. The van der Waals surface area contributed by atoms with Gasteiger partial charge in [-0.2, -0.15) is 0 Å². The molecule has 0 saturated heterocycles. The second kappa shape index (κ2) is 25.2. The maximum absolute atomic E-state index is 8.88. The van der Waals surface area contributed by atoms with E-state index in [1.54, 1.807) is 72.8 Å². The van der Waals surface area contributed by atoms with E-state index < -0.39 is 21.4 Å². The lowest BCUT2D eigenvalue weighted by atomic mass is 9.80. The summed E-state index contributed by atoms with van der Waals surface area (Å²) in [4.78, 5) is 0. The largest absolute Gasteiger partial charge is 0.494 e. The van der Waals surface area contributed by atoms with Crippen molar-refractivity contribution in [1.29, 1.82) is 0 Å². The topological polar surface area (TPSA) is 168 Å². The number of ether oxygens (including phenoxy) is 5. The molecule has 3 aromatic carbocycles. The molecule has 3 rings (SSSR count). The van der Waals surface area contributed by atoms with Gasteiger partial charge in [-0.3, -0.25) is 0 Å². The third-order valence-electron chi connectivity index (χ3n) is 5.85. The Morgan fingerprint density at radius 2 is 0.778 bits per heavy atom. The van der Waals surface area contributed by atoms with Gasteiger partial charge in [-0.15, -0.1) is 0 Å². The van der Waals surface area contributed by atoms with Crippen LogP contribution in [0.25, 0.3) is 0 Å². The lowest BCUT2D eigenvalue weighted by molar-refractivity contribution is 0.101. The lowest BCUT2D eigenvalue weighted by Crippen LogP contribution is -2.29. The van der Waals surface area contributed by atoms with Crippen molar-refractivity contribution in [2.75, 3.05) is 46.2 Å². The fraction of sp³-hybridized carbons (Fsp3) is 0.419. The molecule has 0 aliphatic carbocycles. The van der Waals surface area contributed by atoms with Crippen LogP contribution >= 0.6 is 0 Å². The van der Waals surface area contributed by atoms with Gasteiger partial charge in [0.2, 0.25) is 0 Å². The predicted octanol–water partition coefficient (Wildman–Crippen LogP) is 0.499. The molecule has 0 aliphatic rings. The van der Waals surface area contributed by atoms with Crippen LogP contribution in [0.1, 0.15) is 40.0 Å². The van der Waals surface area contributed by atoms with Crippen molar-refractivity contribution in [1.82, 2.24) is 0 Å². The Morgan fingerprint density at radius 1 is 0.422 bits per heavy atom. The van der Waals surface area contributed by atoms with Gasteiger partial charge in [0.25, 0.3) is 0 Å². The summed E-state index contributed by atoms with van der Waals surface area (Å²) in [6, 6.07) is 20.0. The minimum atomic E-state index is -1.43. The van der Waals surface area contributed by atoms with Crippen LogP contribution in [0, 0.1) is 0 Å². The Hall–Kier alpha value is -3.07. The van der Waals surface area contributed by atoms with Crippen molar-refractivity contribution in [2.45, 2.75) is 40.0 Å². The van der Waals surface area contributed by atoms with Gasteiger partial charge < -0.3 is 53.8 Å². The summed E-state index contributed by atoms with van der Waals surface area (Å²) in [5.41, 5.74) is 1.38. The minimum absolute atomic E-state index is 0.451. The van der Waals surface area contributed by atoms with Crippen LogP contribution in [-0.4, -0.2) is 97.7 Å². The molecule has 45 heavy (non-hydrogen) atoms. The predicted molar refractivity (Wildman–Crippen MR) is 178 cm³/mol. The second-order valence-corrected chi connectivity index (χ2v) is 9.54. The van der Waals surface area contributed by atoms with Gasteiger partial charge in [-0.05, 0) is 72.6 Å². The molecular formula is C31H47B3O11. The van der Waals surface area contributed by atoms with E-state index in [0.29, 0.717) is 67.5 Å². The number of rotatable bonds is 18. The molecule has 6 N–H and O–H groups in total. The fourth-order valence-corrected chi connectivity index (χ4v) is 3.37. The molecule has 246 valence electrons. The highest BCUT2D eigenvalue weighted by atomic mass is 16.5. The minimum Gasteiger partial charge on any atom is -0.494 e. The van der Waals surface area contributed by atoms with E-state index in [4.69, 9.17) is 53.8 Å². The van der Waals surface area contributed by atoms with Crippen LogP contribution in [0.15, 0.2) is 72.8 Å². The van der Waals surface area contributed by atoms with Crippen molar-refractivity contribution in [3.63, 3.8) is 0 Å². The van der Waals surface area contributed by atoms with E-state index in [1.165, 1.54) is 0 Å². The molecule has 11 nitrogen and oxygen atoms in total. The fourth-order valence-electron chi connectivity index (χ4n) is 3.37. The SMILES string of the molecule is CCCCOc1ccc(B(O)O)cc1.CCCOCCOc1ccc(B(O)O)cc1.CCOCCOc1ccc(B(O)O)cc1. The Bertz CT molecular complexity index is 1100. The first kappa shape index (κ1) is 40.0. The van der Waals surface area contributed by atoms with Crippen molar-refractivity contribution < 1.29 is 53.8 Å². The van der Waals surface area contributed by atoms with Crippen molar-refractivity contribution in [2.24, 2.45) is 0 Å². The summed E-state index contributed by atoms with van der Waals surface area (Å²) < 4.78 is 26.5. The summed E-state index contributed by atoms with van der Waals surface area (Å²) in [6.07, 6.45) is 3.14. The van der Waals surface area contributed by atoms with Crippen LogP contribution < -0.4 is 30.6 Å². The standard InChI is InChI=1S/C11H17BO4.C10H15BO4.C10H15BO3/c1-2-7-15-8-9-16-11-5-3-10(4-6-11)12(13)14;1-2-14-7-8-15-10-5-3-9(4-6-10)11(12)13;1-2-3-8-14-10-6-4-9(5-7-10)11(12)13/h3-6,13-14H,2,7-9H2,1H3;3-6,12-13H,2,7-8H2,1H3;4-7,12-13H,2-3,8H2,1H3. The van der Waals surface area contributed by atoms with E-state index in [2.05, 4.69) is 13.8 Å². The quantitative estimate of drug-likeness (QED) is 0.0858. The van der Waals surface area contributed by atoms with Gasteiger partial charge >= 0.3 is 21.4 Å². The van der Waals surface area contributed by atoms with Crippen molar-refractivity contribution in [3.8, 4) is 17.2 Å². The third kappa shape index (κ3) is 19.1. The number of hydrogen-bond donors (Lipinski definition) is 6. The first-order valence-electron chi connectivity index (χ1n) is 15.1. The average molecular weight is 628 g/mol. The van der Waals surface area contributed by atoms with Crippen LogP contribution in [0.4, 0.5) is 0 Å². The molecule has 3 aromatic rings. The van der Waals surface area contributed by atoms with E-state index >= 15 is 0 Å². The maximum Gasteiger partial charge on any atom is 0.488 e. The molecule has 0 atom stereocenters. The summed E-state index contributed by atoms with van der Waals surface area (Å²) in [6.45, 7) is 10.3. The lowest BCUT2D eigenvalue weighted by Gasteiger charge is -2.07. The molecule has 0 heterocycles. The highest BCUT2D eigenvalue weighted by Gasteiger charge is 2.11. The molecule has 0 aliphatic heterocycles.